The number of rotatable bonds is 8. The van der Waals surface area contributed by atoms with E-state index in [1.54, 1.807) is 24.3 Å². The van der Waals surface area contributed by atoms with Crippen molar-refractivity contribution in [3.63, 3.8) is 0 Å². The number of fused-ring (bicyclic) bond motifs is 1. The molecule has 0 atom stereocenters. The summed E-state index contributed by atoms with van der Waals surface area (Å²) in [5, 5.41) is 14.3. The highest BCUT2D eigenvalue weighted by molar-refractivity contribution is 7.18. The third-order valence-electron chi connectivity index (χ3n) is 4.18. The van der Waals surface area contributed by atoms with Crippen molar-refractivity contribution < 1.29 is 19.2 Å². The zero-order valence-electron chi connectivity index (χ0n) is 15.7. The summed E-state index contributed by atoms with van der Waals surface area (Å²) >= 11 is 1.60. The average molecular weight is 413 g/mol. The van der Waals surface area contributed by atoms with Crippen LogP contribution in [0.15, 0.2) is 42.5 Å². The maximum atomic E-state index is 12.0. The number of esters is 1. The van der Waals surface area contributed by atoms with Crippen molar-refractivity contribution in [1.82, 2.24) is 4.98 Å². The molecule has 150 valence electrons. The number of non-ortho nitro benzene ring substituents is 1. The zero-order chi connectivity index (χ0) is 20.8. The fraction of sp³-hybridized carbons (Fsp3) is 0.250. The molecule has 1 amide bonds. The Morgan fingerprint density at radius 2 is 2.03 bits per heavy atom. The van der Waals surface area contributed by atoms with Crippen LogP contribution in [0.3, 0.4) is 0 Å². The van der Waals surface area contributed by atoms with E-state index in [4.69, 9.17) is 4.74 Å². The lowest BCUT2D eigenvalue weighted by atomic mass is 10.2. The number of nitro benzene ring substituents is 1. The second kappa shape index (κ2) is 9.24. The summed E-state index contributed by atoms with van der Waals surface area (Å²) in [4.78, 5) is 38.7. The lowest BCUT2D eigenvalue weighted by Crippen LogP contribution is -2.21. The second-order valence-corrected chi connectivity index (χ2v) is 7.51. The Kier molecular flexibility index (Phi) is 6.50. The summed E-state index contributed by atoms with van der Waals surface area (Å²) in [7, 11) is 0. The van der Waals surface area contributed by atoms with Gasteiger partial charge in [0.05, 0.1) is 25.8 Å². The fourth-order valence-electron chi connectivity index (χ4n) is 2.67. The predicted octanol–water partition coefficient (Wildman–Crippen LogP) is 4.02. The van der Waals surface area contributed by atoms with Crippen molar-refractivity contribution in [3.05, 3.63) is 63.1 Å². The van der Waals surface area contributed by atoms with E-state index in [9.17, 15) is 19.7 Å². The number of ether oxygens (including phenoxy) is 1. The third-order valence-corrected chi connectivity index (χ3v) is 5.28. The average Bonchev–Trinajstić information content (AvgIpc) is 3.10. The Labute approximate surface area is 170 Å². The van der Waals surface area contributed by atoms with Gasteiger partial charge in [0.2, 0.25) is 0 Å². The van der Waals surface area contributed by atoms with E-state index >= 15 is 0 Å². The first kappa shape index (κ1) is 20.4. The topological polar surface area (TPSA) is 111 Å². The quantitative estimate of drug-likeness (QED) is 0.339. The van der Waals surface area contributed by atoms with Gasteiger partial charge in [-0.1, -0.05) is 18.2 Å². The minimum absolute atomic E-state index is 0.127. The molecular formula is C20H19N3O5S. The van der Waals surface area contributed by atoms with Gasteiger partial charge in [0.1, 0.15) is 0 Å². The summed E-state index contributed by atoms with van der Waals surface area (Å²) in [5.41, 5.74) is 1.81. The van der Waals surface area contributed by atoms with Crippen molar-refractivity contribution >= 4 is 44.8 Å². The molecule has 0 radical (unpaired) electrons. The van der Waals surface area contributed by atoms with Crippen LogP contribution in [0.25, 0.3) is 10.2 Å². The normalized spacial score (nSPS) is 10.7. The van der Waals surface area contributed by atoms with E-state index in [-0.39, 0.29) is 12.1 Å². The summed E-state index contributed by atoms with van der Waals surface area (Å²) in [6.45, 7) is 1.27. The number of hydrogen-bond acceptors (Lipinski definition) is 7. The van der Waals surface area contributed by atoms with Crippen LogP contribution >= 0.6 is 11.3 Å². The standard InChI is InChI=1S/C20H19N3O5S/c1-13-9-10-14(23(26)27)11-16(13)21-18(24)12-28-20(25)8-4-7-19-22-15-5-2-3-6-17(15)29-19/h2-3,5-6,9-11H,4,7-8,12H2,1H3,(H,21,24). The molecule has 1 heterocycles. The van der Waals surface area contributed by atoms with Crippen molar-refractivity contribution in [2.24, 2.45) is 0 Å². The monoisotopic (exact) mass is 413 g/mol. The number of anilines is 1. The van der Waals surface area contributed by atoms with Gasteiger partial charge in [0, 0.05) is 18.6 Å². The number of aromatic nitrogens is 1. The number of thiazole rings is 1. The van der Waals surface area contributed by atoms with Gasteiger partial charge in [0.25, 0.3) is 11.6 Å². The van der Waals surface area contributed by atoms with Crippen LogP contribution in [0.5, 0.6) is 0 Å². The molecule has 1 aromatic heterocycles. The smallest absolute Gasteiger partial charge is 0.306 e. The van der Waals surface area contributed by atoms with E-state index in [1.165, 1.54) is 12.1 Å². The van der Waals surface area contributed by atoms with Gasteiger partial charge in [-0.3, -0.25) is 19.7 Å². The molecule has 3 rings (SSSR count). The number of aryl methyl sites for hydroxylation is 2. The van der Waals surface area contributed by atoms with Crippen LogP contribution in [0.1, 0.15) is 23.4 Å². The first-order valence-electron chi connectivity index (χ1n) is 8.97. The lowest BCUT2D eigenvalue weighted by Gasteiger charge is -2.09. The number of carbonyl (C=O) groups is 2. The minimum Gasteiger partial charge on any atom is -0.456 e. The van der Waals surface area contributed by atoms with E-state index in [0.29, 0.717) is 24.1 Å². The van der Waals surface area contributed by atoms with Gasteiger partial charge in [-0.15, -0.1) is 11.3 Å². The molecule has 0 saturated carbocycles. The highest BCUT2D eigenvalue weighted by atomic mass is 32.1. The van der Waals surface area contributed by atoms with E-state index < -0.39 is 23.4 Å². The second-order valence-electron chi connectivity index (χ2n) is 6.39. The zero-order valence-corrected chi connectivity index (χ0v) is 16.5. The van der Waals surface area contributed by atoms with Crippen LogP contribution in [0.4, 0.5) is 11.4 Å². The van der Waals surface area contributed by atoms with Crippen molar-refractivity contribution in [3.8, 4) is 0 Å². The van der Waals surface area contributed by atoms with Gasteiger partial charge < -0.3 is 10.1 Å². The first-order valence-corrected chi connectivity index (χ1v) is 9.79. The molecule has 0 bridgehead atoms. The Balaban J connectivity index is 1.42. The largest absolute Gasteiger partial charge is 0.456 e. The molecule has 8 nitrogen and oxygen atoms in total. The number of carbonyl (C=O) groups excluding carboxylic acids is 2. The lowest BCUT2D eigenvalue weighted by molar-refractivity contribution is -0.384. The maximum Gasteiger partial charge on any atom is 0.306 e. The van der Waals surface area contributed by atoms with Crippen LogP contribution in [-0.2, 0) is 20.7 Å². The molecular weight excluding hydrogens is 394 g/mol. The number of benzene rings is 2. The molecule has 0 aliphatic carbocycles. The molecule has 0 saturated heterocycles. The van der Waals surface area contributed by atoms with Gasteiger partial charge in [-0.25, -0.2) is 4.98 Å². The Bertz CT molecular complexity index is 1030. The first-order chi connectivity index (χ1) is 13.9. The highest BCUT2D eigenvalue weighted by Crippen LogP contribution is 2.23. The Hall–Kier alpha value is -3.33. The van der Waals surface area contributed by atoms with Gasteiger partial charge in [-0.2, -0.15) is 0 Å². The molecule has 0 spiro atoms. The van der Waals surface area contributed by atoms with Crippen LogP contribution in [0.2, 0.25) is 0 Å². The SMILES string of the molecule is Cc1ccc([N+](=O)[O-])cc1NC(=O)COC(=O)CCCc1nc2ccccc2s1. The minimum atomic E-state index is -0.548. The Morgan fingerprint density at radius 1 is 1.24 bits per heavy atom. The van der Waals surface area contributed by atoms with Crippen molar-refractivity contribution in [2.75, 3.05) is 11.9 Å². The third kappa shape index (κ3) is 5.58. The van der Waals surface area contributed by atoms with Crippen LogP contribution in [-0.4, -0.2) is 28.4 Å². The van der Waals surface area contributed by atoms with Crippen molar-refractivity contribution in [1.29, 1.82) is 0 Å². The number of hydrogen-bond donors (Lipinski definition) is 1. The molecule has 9 heteroatoms. The molecule has 0 aliphatic heterocycles. The van der Waals surface area contributed by atoms with E-state index in [0.717, 1.165) is 15.2 Å². The molecule has 0 aliphatic rings. The Morgan fingerprint density at radius 3 is 2.79 bits per heavy atom. The van der Waals surface area contributed by atoms with Gasteiger partial charge in [-0.05, 0) is 37.5 Å². The molecule has 0 unspecified atom stereocenters. The van der Waals surface area contributed by atoms with E-state index in [2.05, 4.69) is 10.3 Å². The summed E-state index contributed by atoms with van der Waals surface area (Å²) in [6, 6.07) is 12.0. The van der Waals surface area contributed by atoms with Gasteiger partial charge in [0.15, 0.2) is 6.61 Å². The summed E-state index contributed by atoms with van der Waals surface area (Å²) < 4.78 is 6.10. The number of nitro groups is 1. The van der Waals surface area contributed by atoms with E-state index in [1.807, 2.05) is 24.3 Å². The van der Waals surface area contributed by atoms with Gasteiger partial charge >= 0.3 is 5.97 Å². The number of nitrogens with one attached hydrogen (secondary N) is 1. The number of para-hydroxylation sites is 1. The molecule has 1 N–H and O–H groups in total. The highest BCUT2D eigenvalue weighted by Gasteiger charge is 2.13. The molecule has 0 fully saturated rings. The van der Waals surface area contributed by atoms with Crippen LogP contribution < -0.4 is 5.32 Å². The van der Waals surface area contributed by atoms with Crippen molar-refractivity contribution in [2.45, 2.75) is 26.2 Å². The molecule has 3 aromatic rings. The summed E-state index contributed by atoms with van der Waals surface area (Å²) in [6.07, 6.45) is 1.41. The fourth-order valence-corrected chi connectivity index (χ4v) is 3.68. The number of nitrogens with zero attached hydrogens (tertiary/aromatic N) is 2. The predicted molar refractivity (Wildman–Crippen MR) is 110 cm³/mol. The number of amides is 1. The maximum absolute atomic E-state index is 12.0. The molecule has 29 heavy (non-hydrogen) atoms. The molecule has 2 aromatic carbocycles. The van der Waals surface area contributed by atoms with Crippen LogP contribution in [0, 0.1) is 17.0 Å². The summed E-state index contributed by atoms with van der Waals surface area (Å²) in [5.74, 6) is -1.02.